The van der Waals surface area contributed by atoms with Crippen molar-refractivity contribution in [2.45, 2.75) is 26.2 Å². The molecule has 0 amide bonds. The van der Waals surface area contributed by atoms with Crippen molar-refractivity contribution in [3.05, 3.63) is 87.6 Å². The molecular formula is C28H24N6O. The molecule has 0 spiro atoms. The Labute approximate surface area is 203 Å². The summed E-state index contributed by atoms with van der Waals surface area (Å²) in [5.74, 6) is 1.36. The van der Waals surface area contributed by atoms with Crippen LogP contribution in [0.25, 0.3) is 16.7 Å². The van der Waals surface area contributed by atoms with Crippen molar-refractivity contribution in [3.63, 3.8) is 0 Å². The van der Waals surface area contributed by atoms with Gasteiger partial charge in [-0.3, -0.25) is 9.36 Å². The molecule has 1 N–H and O–H groups in total. The fourth-order valence-corrected chi connectivity index (χ4v) is 4.65. The second-order valence-corrected chi connectivity index (χ2v) is 8.75. The number of pyridine rings is 2. The molecule has 0 aliphatic carbocycles. The summed E-state index contributed by atoms with van der Waals surface area (Å²) in [4.78, 5) is 20.6. The number of rotatable bonds is 4. The third-order valence-electron chi connectivity index (χ3n) is 6.33. The average Bonchev–Trinajstić information content (AvgIpc) is 2.89. The van der Waals surface area contributed by atoms with Gasteiger partial charge in [0.1, 0.15) is 11.6 Å². The Morgan fingerprint density at radius 3 is 2.37 bits per heavy atom. The van der Waals surface area contributed by atoms with E-state index in [1.807, 2.05) is 35.8 Å². The van der Waals surface area contributed by atoms with Crippen LogP contribution >= 0.6 is 0 Å². The summed E-state index contributed by atoms with van der Waals surface area (Å²) in [5.41, 5.74) is 3.68. The quantitative estimate of drug-likeness (QED) is 0.451. The van der Waals surface area contributed by atoms with E-state index in [0.717, 1.165) is 43.0 Å². The maximum Gasteiger partial charge on any atom is 0.193 e. The van der Waals surface area contributed by atoms with E-state index < -0.39 is 0 Å². The van der Waals surface area contributed by atoms with Crippen molar-refractivity contribution in [2.75, 3.05) is 23.3 Å². The highest BCUT2D eigenvalue weighted by molar-refractivity contribution is 5.85. The molecule has 2 aromatic carbocycles. The van der Waals surface area contributed by atoms with Gasteiger partial charge in [-0.15, -0.1) is 0 Å². The minimum atomic E-state index is -0.137. The van der Waals surface area contributed by atoms with Gasteiger partial charge < -0.3 is 10.2 Å². The smallest absolute Gasteiger partial charge is 0.193 e. The molecule has 4 aromatic rings. The SMILES string of the molecule is Cc1cc(N2CCCCC2)nc2c1c(=O)cc(Nc1cccc(C#N)c1)n2-c1cccc(C#N)c1. The van der Waals surface area contributed by atoms with Crippen LogP contribution in [-0.2, 0) is 0 Å². The fraction of sp³-hybridized carbons (Fsp3) is 0.214. The molecule has 3 heterocycles. The van der Waals surface area contributed by atoms with Crippen LogP contribution in [0.5, 0.6) is 0 Å². The van der Waals surface area contributed by atoms with E-state index in [1.165, 1.54) is 6.42 Å². The van der Waals surface area contributed by atoms with Crippen LogP contribution in [0.15, 0.2) is 65.5 Å². The zero-order valence-electron chi connectivity index (χ0n) is 19.5. The van der Waals surface area contributed by atoms with Crippen molar-refractivity contribution in [2.24, 2.45) is 0 Å². The first-order valence-corrected chi connectivity index (χ1v) is 11.7. The first kappa shape index (κ1) is 22.2. The average molecular weight is 461 g/mol. The van der Waals surface area contributed by atoms with Crippen molar-refractivity contribution >= 4 is 28.4 Å². The van der Waals surface area contributed by atoms with E-state index in [0.29, 0.717) is 33.7 Å². The Morgan fingerprint density at radius 1 is 0.914 bits per heavy atom. The van der Waals surface area contributed by atoms with Gasteiger partial charge in [0.15, 0.2) is 11.1 Å². The number of benzene rings is 2. The van der Waals surface area contributed by atoms with E-state index in [-0.39, 0.29) is 5.43 Å². The number of fused-ring (bicyclic) bond motifs is 1. The molecule has 7 nitrogen and oxygen atoms in total. The van der Waals surface area contributed by atoms with E-state index in [1.54, 1.807) is 36.4 Å². The van der Waals surface area contributed by atoms with E-state index in [2.05, 4.69) is 22.4 Å². The number of nitrogens with one attached hydrogen (secondary N) is 1. The lowest BCUT2D eigenvalue weighted by atomic mass is 10.1. The van der Waals surface area contributed by atoms with Gasteiger partial charge in [0.25, 0.3) is 0 Å². The molecule has 2 aromatic heterocycles. The summed E-state index contributed by atoms with van der Waals surface area (Å²) in [5, 5.41) is 22.7. The highest BCUT2D eigenvalue weighted by atomic mass is 16.1. The molecule has 0 saturated carbocycles. The minimum Gasteiger partial charge on any atom is -0.357 e. The third kappa shape index (κ3) is 4.32. The Morgan fingerprint density at radius 2 is 1.63 bits per heavy atom. The number of hydrogen-bond donors (Lipinski definition) is 1. The van der Waals surface area contributed by atoms with Crippen LogP contribution in [0, 0.1) is 29.6 Å². The molecule has 35 heavy (non-hydrogen) atoms. The molecule has 5 rings (SSSR count). The Hall–Kier alpha value is -4.62. The molecule has 172 valence electrons. The van der Waals surface area contributed by atoms with Gasteiger partial charge in [-0.1, -0.05) is 12.1 Å². The highest BCUT2D eigenvalue weighted by Crippen LogP contribution is 2.29. The van der Waals surface area contributed by atoms with E-state index in [4.69, 9.17) is 4.98 Å². The van der Waals surface area contributed by atoms with Gasteiger partial charge in [-0.2, -0.15) is 10.5 Å². The number of hydrogen-bond acceptors (Lipinski definition) is 6. The summed E-state index contributed by atoms with van der Waals surface area (Å²) >= 11 is 0. The number of nitriles is 2. The number of nitrogens with zero attached hydrogens (tertiary/aromatic N) is 5. The zero-order chi connectivity index (χ0) is 24.4. The van der Waals surface area contributed by atoms with Crippen molar-refractivity contribution < 1.29 is 0 Å². The Balaban J connectivity index is 1.78. The summed E-state index contributed by atoms with van der Waals surface area (Å²) < 4.78 is 1.89. The topological polar surface area (TPSA) is 97.7 Å². The van der Waals surface area contributed by atoms with Crippen LogP contribution in [0.3, 0.4) is 0 Å². The van der Waals surface area contributed by atoms with Crippen molar-refractivity contribution in [1.29, 1.82) is 10.5 Å². The molecule has 1 saturated heterocycles. The van der Waals surface area contributed by atoms with Crippen molar-refractivity contribution in [3.8, 4) is 17.8 Å². The first-order chi connectivity index (χ1) is 17.1. The van der Waals surface area contributed by atoms with Gasteiger partial charge in [-0.25, -0.2) is 4.98 Å². The molecule has 0 unspecified atom stereocenters. The molecule has 0 bridgehead atoms. The molecule has 1 fully saturated rings. The maximum atomic E-state index is 13.3. The molecular weight excluding hydrogens is 436 g/mol. The predicted octanol–water partition coefficient (Wildman–Crippen LogP) is 5.17. The lowest BCUT2D eigenvalue weighted by Crippen LogP contribution is -2.30. The van der Waals surface area contributed by atoms with Crippen LogP contribution < -0.4 is 15.6 Å². The monoisotopic (exact) mass is 460 g/mol. The number of aromatic nitrogens is 2. The number of piperidine rings is 1. The summed E-state index contributed by atoms with van der Waals surface area (Å²) in [7, 11) is 0. The first-order valence-electron chi connectivity index (χ1n) is 11.7. The van der Waals surface area contributed by atoms with Crippen LogP contribution in [0.4, 0.5) is 17.3 Å². The fourth-order valence-electron chi connectivity index (χ4n) is 4.65. The lowest BCUT2D eigenvalue weighted by Gasteiger charge is -2.28. The molecule has 1 aliphatic rings. The molecule has 0 atom stereocenters. The summed E-state index contributed by atoms with van der Waals surface area (Å²) in [6, 6.07) is 22.2. The molecule has 7 heteroatoms. The number of anilines is 3. The standard InChI is InChI=1S/C28H24N6O/c1-19-13-25(33-11-3-2-4-12-33)32-28-27(19)24(35)16-26(31-22-9-5-7-20(14-22)17-29)34(28)23-10-6-8-21(15-23)18-30/h5-10,13-16,31H,2-4,11-12H2,1H3. The van der Waals surface area contributed by atoms with Crippen LogP contribution in [-0.4, -0.2) is 22.6 Å². The van der Waals surface area contributed by atoms with Crippen LogP contribution in [0.1, 0.15) is 36.0 Å². The Bertz CT molecular complexity index is 1570. The van der Waals surface area contributed by atoms with E-state index in [9.17, 15) is 15.3 Å². The number of aryl methyl sites for hydroxylation is 1. The maximum absolute atomic E-state index is 13.3. The van der Waals surface area contributed by atoms with Gasteiger partial charge in [0.05, 0.1) is 34.3 Å². The summed E-state index contributed by atoms with van der Waals surface area (Å²) in [6.45, 7) is 3.81. The van der Waals surface area contributed by atoms with Gasteiger partial charge in [-0.05, 0) is 74.2 Å². The largest absolute Gasteiger partial charge is 0.357 e. The van der Waals surface area contributed by atoms with Gasteiger partial charge >= 0.3 is 0 Å². The molecule has 0 radical (unpaired) electrons. The minimum absolute atomic E-state index is 0.137. The predicted molar refractivity (Wildman–Crippen MR) is 137 cm³/mol. The van der Waals surface area contributed by atoms with Gasteiger partial charge in [0.2, 0.25) is 0 Å². The van der Waals surface area contributed by atoms with Crippen molar-refractivity contribution in [1.82, 2.24) is 9.55 Å². The second kappa shape index (κ2) is 9.32. The van der Waals surface area contributed by atoms with Crippen LogP contribution in [0.2, 0.25) is 0 Å². The lowest BCUT2D eigenvalue weighted by molar-refractivity contribution is 0.574. The van der Waals surface area contributed by atoms with Gasteiger partial charge in [0, 0.05) is 24.8 Å². The second-order valence-electron chi connectivity index (χ2n) is 8.75. The zero-order valence-corrected chi connectivity index (χ0v) is 19.5. The summed E-state index contributed by atoms with van der Waals surface area (Å²) in [6.07, 6.45) is 3.45. The Kier molecular flexibility index (Phi) is 5.91. The molecule has 1 aliphatic heterocycles. The third-order valence-corrected chi connectivity index (χ3v) is 6.33. The normalized spacial score (nSPS) is 13.3. The highest BCUT2D eigenvalue weighted by Gasteiger charge is 2.19. The van der Waals surface area contributed by atoms with E-state index >= 15 is 0 Å².